The average Bonchev–Trinajstić information content (AvgIpc) is 3.44. The van der Waals surface area contributed by atoms with Crippen LogP contribution in [0.15, 0.2) is 78.9 Å². The second-order valence-corrected chi connectivity index (χ2v) is 9.38. The molecule has 2 aliphatic rings. The van der Waals surface area contributed by atoms with Gasteiger partial charge in [0, 0.05) is 30.6 Å². The third-order valence-electron chi connectivity index (χ3n) is 6.95. The Hall–Kier alpha value is -4.46. The van der Waals surface area contributed by atoms with Crippen molar-refractivity contribution in [3.8, 4) is 0 Å². The molecule has 0 saturated carbocycles. The molecular formula is C29H27N3O5. The molecular weight excluding hydrogens is 470 g/mol. The number of benzene rings is 3. The van der Waals surface area contributed by atoms with E-state index in [2.05, 4.69) is 5.32 Å². The first-order chi connectivity index (χ1) is 17.9. The summed E-state index contributed by atoms with van der Waals surface area (Å²) in [5.41, 5.74) is 4.00. The fourth-order valence-corrected chi connectivity index (χ4v) is 4.96. The van der Waals surface area contributed by atoms with Crippen molar-refractivity contribution in [3.05, 3.63) is 101 Å². The largest absolute Gasteiger partial charge is 0.480 e. The summed E-state index contributed by atoms with van der Waals surface area (Å²) in [5.74, 6) is -1.80. The number of carbonyl (C=O) groups excluding carboxylic acids is 3. The van der Waals surface area contributed by atoms with Crippen molar-refractivity contribution >= 4 is 29.4 Å². The lowest BCUT2D eigenvalue weighted by Gasteiger charge is -2.26. The van der Waals surface area contributed by atoms with Crippen LogP contribution in [0.25, 0.3) is 0 Å². The first kappa shape index (κ1) is 24.2. The standard InChI is InChI=1S/C29H27N3O5/c33-26-15-14-25(32(26)17-20-6-2-1-3-7-20)27(34)30-24(29(36)37)16-19-10-12-22(13-11-19)31-18-21-8-4-5-9-23(21)28(31)35/h1-13,24-25H,14-18H2,(H,30,34)(H,36,37)/t24-,25-/m0/s1. The average molecular weight is 498 g/mol. The molecule has 2 aliphatic heterocycles. The van der Waals surface area contributed by atoms with Crippen molar-refractivity contribution in [2.75, 3.05) is 4.90 Å². The van der Waals surface area contributed by atoms with E-state index in [4.69, 9.17) is 0 Å². The van der Waals surface area contributed by atoms with Gasteiger partial charge in [-0.05, 0) is 41.3 Å². The number of carboxylic acid groups (broad SMARTS) is 1. The maximum atomic E-state index is 13.1. The van der Waals surface area contributed by atoms with Gasteiger partial charge in [0.05, 0.1) is 6.54 Å². The highest BCUT2D eigenvalue weighted by Gasteiger charge is 2.37. The van der Waals surface area contributed by atoms with Crippen LogP contribution >= 0.6 is 0 Å². The number of carbonyl (C=O) groups is 4. The SMILES string of the molecule is O=C(O)[C@H](Cc1ccc(N2Cc3ccccc3C2=O)cc1)NC(=O)[C@@H]1CCC(=O)N1Cc1ccccc1. The maximum Gasteiger partial charge on any atom is 0.326 e. The van der Waals surface area contributed by atoms with E-state index in [0.29, 0.717) is 30.6 Å². The third-order valence-corrected chi connectivity index (χ3v) is 6.95. The molecule has 8 heteroatoms. The van der Waals surface area contributed by atoms with Crippen LogP contribution in [0, 0.1) is 0 Å². The van der Waals surface area contributed by atoms with Gasteiger partial charge in [-0.15, -0.1) is 0 Å². The van der Waals surface area contributed by atoms with Gasteiger partial charge in [0.15, 0.2) is 0 Å². The summed E-state index contributed by atoms with van der Waals surface area (Å²) in [4.78, 5) is 53.4. The molecule has 0 spiro atoms. The molecule has 3 amide bonds. The highest BCUT2D eigenvalue weighted by molar-refractivity contribution is 6.10. The Morgan fingerprint density at radius 3 is 2.32 bits per heavy atom. The van der Waals surface area contributed by atoms with Crippen molar-refractivity contribution in [2.45, 2.75) is 44.4 Å². The van der Waals surface area contributed by atoms with Crippen LogP contribution in [0.5, 0.6) is 0 Å². The normalized spacial score (nSPS) is 17.6. The molecule has 0 radical (unpaired) electrons. The van der Waals surface area contributed by atoms with E-state index in [0.717, 1.165) is 16.8 Å². The van der Waals surface area contributed by atoms with Crippen molar-refractivity contribution in [1.82, 2.24) is 10.2 Å². The lowest BCUT2D eigenvalue weighted by Crippen LogP contribution is -2.50. The van der Waals surface area contributed by atoms with Crippen LogP contribution < -0.4 is 10.2 Å². The summed E-state index contributed by atoms with van der Waals surface area (Å²) in [6.45, 7) is 0.789. The zero-order chi connectivity index (χ0) is 25.9. The molecule has 3 aromatic carbocycles. The van der Waals surface area contributed by atoms with Crippen LogP contribution in [-0.4, -0.2) is 45.8 Å². The number of hydrogen-bond acceptors (Lipinski definition) is 4. The molecule has 2 heterocycles. The van der Waals surface area contributed by atoms with E-state index >= 15 is 0 Å². The summed E-state index contributed by atoms with van der Waals surface area (Å²) >= 11 is 0. The Labute approximate surface area is 214 Å². The fraction of sp³-hybridized carbons (Fsp3) is 0.241. The van der Waals surface area contributed by atoms with Crippen molar-refractivity contribution in [2.24, 2.45) is 0 Å². The molecule has 1 fully saturated rings. The molecule has 1 saturated heterocycles. The first-order valence-corrected chi connectivity index (χ1v) is 12.3. The van der Waals surface area contributed by atoms with Gasteiger partial charge in [0.1, 0.15) is 12.1 Å². The number of nitrogens with zero attached hydrogens (tertiary/aromatic N) is 2. The van der Waals surface area contributed by atoms with E-state index < -0.39 is 24.0 Å². The molecule has 5 rings (SSSR count). The van der Waals surface area contributed by atoms with E-state index in [1.807, 2.05) is 54.6 Å². The minimum atomic E-state index is -1.15. The molecule has 0 aromatic heterocycles. The predicted octanol–water partition coefficient (Wildman–Crippen LogP) is 3.15. The number of amides is 3. The predicted molar refractivity (Wildman–Crippen MR) is 137 cm³/mol. The molecule has 188 valence electrons. The second kappa shape index (κ2) is 10.3. The molecule has 2 N–H and O–H groups in total. The summed E-state index contributed by atoms with van der Waals surface area (Å²) in [7, 11) is 0. The molecule has 37 heavy (non-hydrogen) atoms. The maximum absolute atomic E-state index is 13.1. The van der Waals surface area contributed by atoms with Gasteiger partial charge in [-0.3, -0.25) is 14.4 Å². The number of anilines is 1. The smallest absolute Gasteiger partial charge is 0.326 e. The summed E-state index contributed by atoms with van der Waals surface area (Å²) in [6.07, 6.45) is 0.683. The highest BCUT2D eigenvalue weighted by Crippen LogP contribution is 2.28. The van der Waals surface area contributed by atoms with Crippen LogP contribution in [0.3, 0.4) is 0 Å². The Morgan fingerprint density at radius 2 is 1.62 bits per heavy atom. The number of hydrogen-bond donors (Lipinski definition) is 2. The first-order valence-electron chi connectivity index (χ1n) is 12.3. The van der Waals surface area contributed by atoms with Gasteiger partial charge in [0.25, 0.3) is 5.91 Å². The van der Waals surface area contributed by atoms with Crippen LogP contribution in [-0.2, 0) is 33.9 Å². The summed E-state index contributed by atoms with van der Waals surface area (Å²) in [6, 6.07) is 22.1. The Morgan fingerprint density at radius 1 is 0.919 bits per heavy atom. The molecule has 3 aromatic rings. The topological polar surface area (TPSA) is 107 Å². The van der Waals surface area contributed by atoms with E-state index in [-0.39, 0.29) is 24.7 Å². The van der Waals surface area contributed by atoms with Gasteiger partial charge in [-0.25, -0.2) is 4.79 Å². The van der Waals surface area contributed by atoms with Gasteiger partial charge in [0.2, 0.25) is 11.8 Å². The van der Waals surface area contributed by atoms with Gasteiger partial charge in [-0.1, -0.05) is 60.7 Å². The van der Waals surface area contributed by atoms with Gasteiger partial charge >= 0.3 is 5.97 Å². The van der Waals surface area contributed by atoms with Gasteiger partial charge < -0.3 is 20.2 Å². The minimum Gasteiger partial charge on any atom is -0.480 e. The van der Waals surface area contributed by atoms with Gasteiger partial charge in [-0.2, -0.15) is 0 Å². The number of carboxylic acids is 1. The minimum absolute atomic E-state index is 0.0646. The zero-order valence-corrected chi connectivity index (χ0v) is 20.2. The Balaban J connectivity index is 1.24. The number of likely N-dealkylation sites (tertiary alicyclic amines) is 1. The summed E-state index contributed by atoms with van der Waals surface area (Å²) < 4.78 is 0. The van der Waals surface area contributed by atoms with Crippen molar-refractivity contribution < 1.29 is 24.3 Å². The molecule has 8 nitrogen and oxygen atoms in total. The summed E-state index contributed by atoms with van der Waals surface area (Å²) in [5, 5.41) is 12.4. The van der Waals surface area contributed by atoms with E-state index in [1.165, 1.54) is 4.90 Å². The molecule has 0 unspecified atom stereocenters. The lowest BCUT2D eigenvalue weighted by atomic mass is 10.0. The Bertz CT molecular complexity index is 1340. The fourth-order valence-electron chi connectivity index (χ4n) is 4.96. The second-order valence-electron chi connectivity index (χ2n) is 9.38. The highest BCUT2D eigenvalue weighted by atomic mass is 16.4. The van der Waals surface area contributed by atoms with E-state index in [9.17, 15) is 24.3 Å². The number of aliphatic carboxylic acids is 1. The van der Waals surface area contributed by atoms with Crippen LogP contribution in [0.4, 0.5) is 5.69 Å². The van der Waals surface area contributed by atoms with Crippen LogP contribution in [0.1, 0.15) is 39.9 Å². The zero-order valence-electron chi connectivity index (χ0n) is 20.2. The van der Waals surface area contributed by atoms with E-state index in [1.54, 1.807) is 29.2 Å². The number of nitrogens with one attached hydrogen (secondary N) is 1. The van der Waals surface area contributed by atoms with Crippen molar-refractivity contribution in [3.63, 3.8) is 0 Å². The molecule has 2 atom stereocenters. The molecule has 0 aliphatic carbocycles. The monoisotopic (exact) mass is 497 g/mol. The molecule has 0 bridgehead atoms. The van der Waals surface area contributed by atoms with Crippen LogP contribution in [0.2, 0.25) is 0 Å². The number of fused-ring (bicyclic) bond motifs is 1. The Kier molecular flexibility index (Phi) is 6.72. The lowest BCUT2D eigenvalue weighted by molar-refractivity contribution is -0.143. The number of rotatable bonds is 8. The van der Waals surface area contributed by atoms with Crippen molar-refractivity contribution in [1.29, 1.82) is 0 Å². The third kappa shape index (κ3) is 5.09. The quantitative estimate of drug-likeness (QED) is 0.497.